The summed E-state index contributed by atoms with van der Waals surface area (Å²) in [6.45, 7) is 6.11. The van der Waals surface area contributed by atoms with Gasteiger partial charge in [0.1, 0.15) is 5.60 Å². The van der Waals surface area contributed by atoms with Crippen molar-refractivity contribution in [2.24, 2.45) is 0 Å². The molecule has 0 bridgehead atoms. The van der Waals surface area contributed by atoms with Crippen LogP contribution in [-0.4, -0.2) is 16.1 Å². The summed E-state index contributed by atoms with van der Waals surface area (Å²) in [5, 5.41) is 2.01. The summed E-state index contributed by atoms with van der Waals surface area (Å²) in [6.07, 6.45) is 0.789. The molecule has 0 fully saturated rings. The zero-order valence-corrected chi connectivity index (χ0v) is 16.4. The second-order valence-corrected chi connectivity index (χ2v) is 8.59. The highest BCUT2D eigenvalue weighted by molar-refractivity contribution is 7.13. The molecule has 0 radical (unpaired) electrons. The van der Waals surface area contributed by atoms with E-state index < -0.39 is 11.6 Å². The van der Waals surface area contributed by atoms with Crippen molar-refractivity contribution in [3.8, 4) is 21.7 Å². The number of hydrogen-bond acceptors (Lipinski definition) is 4. The molecule has 138 valence electrons. The van der Waals surface area contributed by atoms with Gasteiger partial charge in [0, 0.05) is 12.1 Å². The van der Waals surface area contributed by atoms with Gasteiger partial charge in [-0.3, -0.25) is 4.79 Å². The predicted octanol–water partition coefficient (Wildman–Crippen LogP) is 4.76. The second-order valence-electron chi connectivity index (χ2n) is 7.67. The minimum absolute atomic E-state index is 0.0671. The van der Waals surface area contributed by atoms with E-state index in [1.165, 1.54) is 5.56 Å². The molecule has 1 aliphatic heterocycles. The van der Waals surface area contributed by atoms with Gasteiger partial charge in [-0.1, -0.05) is 30.3 Å². The average Bonchev–Trinajstić information content (AvgIpc) is 3.10. The number of carbonyl (C=O) groups is 1. The Hall–Kier alpha value is -2.66. The molecule has 5 heteroatoms. The topological polar surface area (TPSA) is 48.3 Å². The lowest BCUT2D eigenvalue weighted by molar-refractivity contribution is 0.00696. The summed E-state index contributed by atoms with van der Waals surface area (Å²) in [7, 11) is 0. The molecule has 3 heterocycles. The van der Waals surface area contributed by atoms with Crippen LogP contribution in [0.2, 0.25) is 0 Å². The number of rotatable bonds is 2. The number of hydrogen-bond donors (Lipinski definition) is 0. The van der Waals surface area contributed by atoms with Crippen LogP contribution in [-0.2, 0) is 17.7 Å². The van der Waals surface area contributed by atoms with E-state index >= 15 is 0 Å². The van der Waals surface area contributed by atoms with Gasteiger partial charge >= 0.3 is 5.97 Å². The Balaban J connectivity index is 1.99. The van der Waals surface area contributed by atoms with E-state index in [1.807, 2.05) is 56.5 Å². The van der Waals surface area contributed by atoms with Crippen molar-refractivity contribution >= 4 is 17.3 Å². The highest BCUT2D eigenvalue weighted by Gasteiger charge is 2.29. The first kappa shape index (κ1) is 17.7. The number of benzene rings is 1. The van der Waals surface area contributed by atoms with Gasteiger partial charge < -0.3 is 9.30 Å². The molecule has 0 N–H and O–H groups in total. The maximum atomic E-state index is 13.2. The molecule has 4 nitrogen and oxygen atoms in total. The summed E-state index contributed by atoms with van der Waals surface area (Å²) in [6, 6.07) is 13.2. The maximum Gasteiger partial charge on any atom is 0.340 e. The van der Waals surface area contributed by atoms with Gasteiger partial charge in [0.05, 0.1) is 16.1 Å². The van der Waals surface area contributed by atoms with Crippen molar-refractivity contribution in [3.63, 3.8) is 0 Å². The van der Waals surface area contributed by atoms with E-state index in [4.69, 9.17) is 4.74 Å². The third-order valence-electron chi connectivity index (χ3n) is 4.56. The number of nitrogens with zero attached hydrogens (tertiary/aromatic N) is 1. The molecular weight excluding hydrogens is 358 g/mol. The van der Waals surface area contributed by atoms with Crippen LogP contribution < -0.4 is 5.56 Å². The summed E-state index contributed by atoms with van der Waals surface area (Å²) >= 11 is 1.56. The number of pyridine rings is 1. The van der Waals surface area contributed by atoms with Crippen molar-refractivity contribution in [2.75, 3.05) is 0 Å². The molecule has 0 aliphatic carbocycles. The predicted molar refractivity (Wildman–Crippen MR) is 108 cm³/mol. The molecule has 0 amide bonds. The lowest BCUT2D eigenvalue weighted by Crippen LogP contribution is -2.31. The first-order valence-corrected chi connectivity index (χ1v) is 9.86. The van der Waals surface area contributed by atoms with Gasteiger partial charge in [-0.25, -0.2) is 4.79 Å². The Bertz CT molecular complexity index is 1070. The van der Waals surface area contributed by atoms with Gasteiger partial charge in [-0.05, 0) is 55.8 Å². The fraction of sp³-hybridized carbons (Fsp3) is 0.273. The van der Waals surface area contributed by atoms with Crippen LogP contribution in [0.3, 0.4) is 0 Å². The van der Waals surface area contributed by atoms with Crippen molar-refractivity contribution in [2.45, 2.75) is 39.3 Å². The molecule has 27 heavy (non-hydrogen) atoms. The molecule has 0 saturated heterocycles. The van der Waals surface area contributed by atoms with Gasteiger partial charge in [0.15, 0.2) is 0 Å². The summed E-state index contributed by atoms with van der Waals surface area (Å²) < 4.78 is 7.40. The fourth-order valence-corrected chi connectivity index (χ4v) is 4.43. The van der Waals surface area contributed by atoms with Crippen molar-refractivity contribution in [3.05, 3.63) is 69.3 Å². The minimum Gasteiger partial charge on any atom is -0.456 e. The Labute approximate surface area is 162 Å². The first-order valence-electron chi connectivity index (χ1n) is 8.98. The zero-order valence-electron chi connectivity index (χ0n) is 15.6. The normalized spacial score (nSPS) is 13.0. The van der Waals surface area contributed by atoms with Crippen molar-refractivity contribution in [1.29, 1.82) is 0 Å². The second kappa shape index (κ2) is 6.50. The number of carbonyl (C=O) groups excluding carboxylic acids is 1. The van der Waals surface area contributed by atoms with E-state index in [2.05, 4.69) is 6.07 Å². The molecule has 0 spiro atoms. The van der Waals surface area contributed by atoms with Crippen LogP contribution in [0.15, 0.2) is 52.6 Å². The molecule has 1 aliphatic rings. The van der Waals surface area contributed by atoms with Crippen LogP contribution in [0.25, 0.3) is 21.7 Å². The van der Waals surface area contributed by atoms with E-state index in [0.29, 0.717) is 23.4 Å². The van der Waals surface area contributed by atoms with Crippen LogP contribution in [0.4, 0.5) is 0 Å². The third-order valence-corrected chi connectivity index (χ3v) is 5.52. The monoisotopic (exact) mass is 379 g/mol. The van der Waals surface area contributed by atoms with Crippen LogP contribution in [0, 0.1) is 0 Å². The van der Waals surface area contributed by atoms with Crippen LogP contribution in [0.5, 0.6) is 0 Å². The van der Waals surface area contributed by atoms with Gasteiger partial charge in [0.2, 0.25) is 0 Å². The zero-order chi connectivity index (χ0) is 19.2. The first-order chi connectivity index (χ1) is 12.8. The maximum absolute atomic E-state index is 13.2. The van der Waals surface area contributed by atoms with E-state index in [0.717, 1.165) is 16.9 Å². The largest absolute Gasteiger partial charge is 0.456 e. The smallest absolute Gasteiger partial charge is 0.340 e. The molecule has 0 saturated carbocycles. The number of thiophene rings is 1. The molecular formula is C22H21NO3S. The van der Waals surface area contributed by atoms with E-state index in [1.54, 1.807) is 22.0 Å². The number of esters is 1. The highest BCUT2D eigenvalue weighted by atomic mass is 32.1. The third kappa shape index (κ3) is 3.23. The quantitative estimate of drug-likeness (QED) is 0.604. The highest BCUT2D eigenvalue weighted by Crippen LogP contribution is 2.37. The van der Waals surface area contributed by atoms with Crippen molar-refractivity contribution in [1.82, 2.24) is 4.57 Å². The van der Waals surface area contributed by atoms with Crippen molar-refractivity contribution < 1.29 is 9.53 Å². The number of aromatic nitrogens is 1. The Kier molecular flexibility index (Phi) is 4.27. The summed E-state index contributed by atoms with van der Waals surface area (Å²) in [4.78, 5) is 27.2. The molecule has 1 aromatic carbocycles. The van der Waals surface area contributed by atoms with Gasteiger partial charge in [-0.2, -0.15) is 0 Å². The lowest BCUT2D eigenvalue weighted by Gasteiger charge is -2.25. The summed E-state index contributed by atoms with van der Waals surface area (Å²) in [5.74, 6) is -0.398. The minimum atomic E-state index is -0.607. The number of fused-ring (bicyclic) bond motifs is 3. The fourth-order valence-electron chi connectivity index (χ4n) is 3.41. The summed E-state index contributed by atoms with van der Waals surface area (Å²) in [5.41, 5.74) is 2.97. The van der Waals surface area contributed by atoms with E-state index in [-0.39, 0.29) is 5.56 Å². The lowest BCUT2D eigenvalue weighted by atomic mass is 9.98. The molecule has 2 aromatic heterocycles. The molecule has 4 rings (SSSR count). The Morgan fingerprint density at radius 3 is 2.59 bits per heavy atom. The standard InChI is InChI=1S/C22H21NO3S/c1-22(2,3)26-21(25)17-13-16(14-7-5-4-6-8-14)20(24)23-11-9-15-10-12-27-19(15)18(17)23/h4-8,10,12-13H,9,11H2,1-3H3. The average molecular weight is 379 g/mol. The van der Waals surface area contributed by atoms with E-state index in [9.17, 15) is 9.59 Å². The van der Waals surface area contributed by atoms with Crippen LogP contribution in [0.1, 0.15) is 36.7 Å². The number of aryl methyl sites for hydroxylation is 1. The van der Waals surface area contributed by atoms with Crippen LogP contribution >= 0.6 is 11.3 Å². The number of ether oxygens (including phenoxy) is 1. The van der Waals surface area contributed by atoms with Gasteiger partial charge in [-0.15, -0.1) is 11.3 Å². The molecule has 0 atom stereocenters. The molecule has 3 aromatic rings. The Morgan fingerprint density at radius 1 is 1.15 bits per heavy atom. The Morgan fingerprint density at radius 2 is 1.89 bits per heavy atom. The SMILES string of the molecule is CC(C)(C)OC(=O)c1cc(-c2ccccc2)c(=O)n2c1-c1sccc1CC2. The molecule has 0 unspecified atom stereocenters. The van der Waals surface area contributed by atoms with Gasteiger partial charge in [0.25, 0.3) is 5.56 Å².